The number of carbonyl (C=O) groups excluding carboxylic acids is 1. The summed E-state index contributed by atoms with van der Waals surface area (Å²) >= 11 is 0. The van der Waals surface area contributed by atoms with E-state index in [9.17, 15) is 9.59 Å². The van der Waals surface area contributed by atoms with Crippen molar-refractivity contribution in [2.45, 2.75) is 59.0 Å². The molecule has 1 aliphatic rings. The summed E-state index contributed by atoms with van der Waals surface area (Å²) in [5, 5.41) is 0.989. The molecule has 0 bridgehead atoms. The Labute approximate surface area is 146 Å². The molecule has 0 fully saturated rings. The molecule has 5 heteroatoms. The summed E-state index contributed by atoms with van der Waals surface area (Å²) in [5.74, 6) is 0.152. The number of esters is 1. The third-order valence-electron chi connectivity index (χ3n) is 4.50. The molecule has 0 saturated carbocycles. The van der Waals surface area contributed by atoms with Crippen LogP contribution in [0.2, 0.25) is 0 Å². The number of hydrogen-bond acceptors (Lipinski definition) is 5. The van der Waals surface area contributed by atoms with Gasteiger partial charge >= 0.3 is 11.6 Å². The van der Waals surface area contributed by atoms with Crippen LogP contribution in [0, 0.1) is 0 Å². The Kier molecular flexibility index (Phi) is 5.11. The zero-order valence-electron chi connectivity index (χ0n) is 15.0. The van der Waals surface area contributed by atoms with Gasteiger partial charge in [-0.15, -0.1) is 0 Å². The van der Waals surface area contributed by atoms with Crippen LogP contribution in [0.5, 0.6) is 5.75 Å². The van der Waals surface area contributed by atoms with Crippen molar-refractivity contribution in [1.29, 1.82) is 0 Å². The lowest BCUT2D eigenvalue weighted by molar-refractivity contribution is -0.149. The first-order valence-electron chi connectivity index (χ1n) is 8.93. The largest absolute Gasteiger partial charge is 0.481 e. The lowest BCUT2D eigenvalue weighted by atomic mass is 9.90. The van der Waals surface area contributed by atoms with E-state index in [2.05, 4.69) is 0 Å². The number of ether oxygens (including phenoxy) is 2. The van der Waals surface area contributed by atoms with E-state index >= 15 is 0 Å². The molecule has 0 aliphatic heterocycles. The fraction of sp³-hybridized carbons (Fsp3) is 0.500. The number of fused-ring (bicyclic) bond motifs is 3. The van der Waals surface area contributed by atoms with E-state index in [-0.39, 0.29) is 18.3 Å². The first kappa shape index (κ1) is 17.5. The average molecular weight is 344 g/mol. The number of benzene rings is 1. The SMILES string of the molecule is CCc1cc2c3c(c(=O)oc2cc1OCC(=O)OC(C)C)CCCC3. The summed E-state index contributed by atoms with van der Waals surface area (Å²) in [6, 6.07) is 3.76. The van der Waals surface area contributed by atoms with Crippen molar-refractivity contribution in [2.75, 3.05) is 6.61 Å². The summed E-state index contributed by atoms with van der Waals surface area (Å²) in [7, 11) is 0. The lowest BCUT2D eigenvalue weighted by Crippen LogP contribution is -2.19. The molecular formula is C20H24O5. The lowest BCUT2D eigenvalue weighted by Gasteiger charge is -2.18. The predicted molar refractivity (Wildman–Crippen MR) is 95.2 cm³/mol. The van der Waals surface area contributed by atoms with Gasteiger partial charge in [0.05, 0.1) is 6.10 Å². The van der Waals surface area contributed by atoms with Gasteiger partial charge in [0.15, 0.2) is 6.61 Å². The van der Waals surface area contributed by atoms with Gasteiger partial charge in [-0.05, 0) is 63.1 Å². The second-order valence-electron chi connectivity index (χ2n) is 6.69. The topological polar surface area (TPSA) is 65.7 Å². The van der Waals surface area contributed by atoms with Crippen molar-refractivity contribution in [3.63, 3.8) is 0 Å². The second kappa shape index (κ2) is 7.30. The molecular weight excluding hydrogens is 320 g/mol. The molecule has 0 atom stereocenters. The number of aryl methyl sites for hydroxylation is 2. The summed E-state index contributed by atoms with van der Waals surface area (Å²) in [6.45, 7) is 5.46. The Hall–Kier alpha value is -2.30. The van der Waals surface area contributed by atoms with E-state index in [4.69, 9.17) is 13.9 Å². The van der Waals surface area contributed by atoms with Gasteiger partial charge in [0, 0.05) is 17.0 Å². The Bertz CT molecular complexity index is 847. The van der Waals surface area contributed by atoms with Crippen LogP contribution < -0.4 is 10.4 Å². The second-order valence-corrected chi connectivity index (χ2v) is 6.69. The van der Waals surface area contributed by atoms with Crippen LogP contribution in [0.3, 0.4) is 0 Å². The van der Waals surface area contributed by atoms with Crippen molar-refractivity contribution < 1.29 is 18.7 Å². The van der Waals surface area contributed by atoms with Gasteiger partial charge in [-0.3, -0.25) is 0 Å². The summed E-state index contributed by atoms with van der Waals surface area (Å²) < 4.78 is 16.3. The van der Waals surface area contributed by atoms with Gasteiger partial charge in [-0.2, -0.15) is 0 Å². The molecule has 1 aliphatic carbocycles. The van der Waals surface area contributed by atoms with Crippen LogP contribution in [0.15, 0.2) is 21.3 Å². The monoisotopic (exact) mass is 344 g/mol. The minimum Gasteiger partial charge on any atom is -0.481 e. The molecule has 134 valence electrons. The normalized spacial score (nSPS) is 13.8. The van der Waals surface area contributed by atoms with E-state index in [1.54, 1.807) is 19.9 Å². The Morgan fingerprint density at radius 2 is 1.92 bits per heavy atom. The molecule has 1 aromatic carbocycles. The van der Waals surface area contributed by atoms with Gasteiger partial charge in [0.2, 0.25) is 0 Å². The number of rotatable bonds is 5. The molecule has 3 rings (SSSR count). The molecule has 0 spiro atoms. The molecule has 0 unspecified atom stereocenters. The summed E-state index contributed by atoms with van der Waals surface area (Å²) in [6.07, 6.45) is 4.40. The minimum absolute atomic E-state index is 0.161. The molecule has 1 aromatic heterocycles. The summed E-state index contributed by atoms with van der Waals surface area (Å²) in [5.41, 5.74) is 3.19. The first-order chi connectivity index (χ1) is 12.0. The highest BCUT2D eigenvalue weighted by molar-refractivity contribution is 5.84. The van der Waals surface area contributed by atoms with Crippen molar-refractivity contribution in [3.8, 4) is 5.75 Å². The maximum atomic E-state index is 12.2. The minimum atomic E-state index is -0.413. The van der Waals surface area contributed by atoms with Gasteiger partial charge in [-0.1, -0.05) is 6.92 Å². The van der Waals surface area contributed by atoms with Crippen molar-refractivity contribution in [3.05, 3.63) is 39.2 Å². The third kappa shape index (κ3) is 3.70. The summed E-state index contributed by atoms with van der Waals surface area (Å²) in [4.78, 5) is 24.0. The first-order valence-corrected chi connectivity index (χ1v) is 8.93. The zero-order valence-corrected chi connectivity index (χ0v) is 15.0. The predicted octanol–water partition coefficient (Wildman–Crippen LogP) is 3.56. The standard InChI is InChI=1S/C20H24O5/c1-4-13-9-16-14-7-5-6-8-15(14)20(22)25-18(16)10-17(13)23-11-19(21)24-12(2)3/h9-10,12H,4-8,11H2,1-3H3. The maximum Gasteiger partial charge on any atom is 0.344 e. The van der Waals surface area contributed by atoms with Crippen LogP contribution in [0.25, 0.3) is 11.0 Å². The van der Waals surface area contributed by atoms with Crippen molar-refractivity contribution in [2.24, 2.45) is 0 Å². The van der Waals surface area contributed by atoms with E-state index in [0.717, 1.165) is 54.2 Å². The highest BCUT2D eigenvalue weighted by Crippen LogP contribution is 2.32. The van der Waals surface area contributed by atoms with E-state index in [0.29, 0.717) is 11.3 Å². The molecule has 0 N–H and O–H groups in total. The Morgan fingerprint density at radius 3 is 2.60 bits per heavy atom. The third-order valence-corrected chi connectivity index (χ3v) is 4.50. The highest BCUT2D eigenvalue weighted by Gasteiger charge is 2.20. The Morgan fingerprint density at radius 1 is 1.20 bits per heavy atom. The van der Waals surface area contributed by atoms with Crippen LogP contribution in [0.1, 0.15) is 50.3 Å². The van der Waals surface area contributed by atoms with Crippen LogP contribution in [-0.2, 0) is 28.8 Å². The quantitative estimate of drug-likeness (QED) is 0.613. The number of hydrogen-bond donors (Lipinski definition) is 0. The Balaban J connectivity index is 1.97. The van der Waals surface area contributed by atoms with Gasteiger partial charge in [0.1, 0.15) is 11.3 Å². The van der Waals surface area contributed by atoms with E-state index < -0.39 is 5.97 Å². The highest BCUT2D eigenvalue weighted by atomic mass is 16.6. The van der Waals surface area contributed by atoms with Crippen molar-refractivity contribution in [1.82, 2.24) is 0 Å². The van der Waals surface area contributed by atoms with Gasteiger partial charge in [-0.25, -0.2) is 9.59 Å². The maximum absolute atomic E-state index is 12.2. The molecule has 0 saturated heterocycles. The fourth-order valence-corrected chi connectivity index (χ4v) is 3.36. The zero-order chi connectivity index (χ0) is 18.0. The molecule has 5 nitrogen and oxygen atoms in total. The molecule has 0 radical (unpaired) electrons. The fourth-order valence-electron chi connectivity index (χ4n) is 3.36. The number of carbonyl (C=O) groups is 1. The molecule has 1 heterocycles. The average Bonchev–Trinajstić information content (AvgIpc) is 2.59. The molecule has 25 heavy (non-hydrogen) atoms. The van der Waals surface area contributed by atoms with Crippen LogP contribution >= 0.6 is 0 Å². The molecule has 0 amide bonds. The van der Waals surface area contributed by atoms with Crippen LogP contribution in [-0.4, -0.2) is 18.7 Å². The van der Waals surface area contributed by atoms with Gasteiger partial charge < -0.3 is 13.9 Å². The van der Waals surface area contributed by atoms with Crippen molar-refractivity contribution >= 4 is 16.9 Å². The van der Waals surface area contributed by atoms with Crippen LogP contribution in [0.4, 0.5) is 0 Å². The van der Waals surface area contributed by atoms with E-state index in [1.165, 1.54) is 0 Å². The molecule has 2 aromatic rings. The van der Waals surface area contributed by atoms with Gasteiger partial charge in [0.25, 0.3) is 0 Å². The van der Waals surface area contributed by atoms with E-state index in [1.807, 2.05) is 13.0 Å². The smallest absolute Gasteiger partial charge is 0.344 e.